The van der Waals surface area contributed by atoms with Crippen LogP contribution in [0.15, 0.2) is 53.7 Å². The Morgan fingerprint density at radius 3 is 2.57 bits per heavy atom. The van der Waals surface area contributed by atoms with Gasteiger partial charge in [-0.3, -0.25) is 9.59 Å². The standard InChI is InChI=1S/C22H23N3O3/c1-15-5-3-4-6-19(15)16-7-9-17(10-8-16)20(26)25-14-18(24-28-2)13-22(25)11-12-23-21(22)27/h3-10H,11-14H2,1-2H3,(H,23,27)/b24-18-/t22-/m0/s1. The molecule has 0 bridgehead atoms. The van der Waals surface area contributed by atoms with Crippen molar-refractivity contribution in [1.82, 2.24) is 10.2 Å². The topological polar surface area (TPSA) is 71.0 Å². The predicted octanol–water partition coefficient (Wildman–Crippen LogP) is 2.77. The Morgan fingerprint density at radius 1 is 1.18 bits per heavy atom. The molecule has 1 spiro atoms. The Balaban J connectivity index is 1.64. The summed E-state index contributed by atoms with van der Waals surface area (Å²) < 4.78 is 0. The predicted molar refractivity (Wildman–Crippen MR) is 107 cm³/mol. The van der Waals surface area contributed by atoms with Crippen LogP contribution in [0.3, 0.4) is 0 Å². The number of aryl methyl sites for hydroxylation is 1. The zero-order chi connectivity index (χ0) is 19.7. The molecule has 2 aliphatic heterocycles. The van der Waals surface area contributed by atoms with Gasteiger partial charge in [-0.15, -0.1) is 0 Å². The second kappa shape index (κ2) is 7.11. The molecule has 2 fully saturated rings. The normalized spacial score (nSPS) is 22.7. The SMILES string of the molecule is CO/N=C1\CN(C(=O)c2ccc(-c3ccccc3C)cc2)[C@@]2(CCNC2=O)C1. The van der Waals surface area contributed by atoms with Crippen LogP contribution in [0.4, 0.5) is 0 Å². The number of likely N-dealkylation sites (tertiary alicyclic amines) is 1. The Morgan fingerprint density at radius 2 is 1.93 bits per heavy atom. The summed E-state index contributed by atoms with van der Waals surface area (Å²) in [5.74, 6) is -0.270. The van der Waals surface area contributed by atoms with Crippen molar-refractivity contribution in [2.24, 2.45) is 5.16 Å². The fourth-order valence-corrected chi connectivity index (χ4v) is 4.21. The fourth-order valence-electron chi connectivity index (χ4n) is 4.21. The molecule has 6 heteroatoms. The molecule has 2 heterocycles. The number of nitrogens with zero attached hydrogens (tertiary/aromatic N) is 2. The first-order valence-electron chi connectivity index (χ1n) is 9.40. The lowest BCUT2D eigenvalue weighted by atomic mass is 9.93. The minimum absolute atomic E-state index is 0.112. The molecule has 4 rings (SSSR count). The van der Waals surface area contributed by atoms with Crippen LogP contribution >= 0.6 is 0 Å². The van der Waals surface area contributed by atoms with Crippen molar-refractivity contribution in [3.63, 3.8) is 0 Å². The van der Waals surface area contributed by atoms with E-state index in [2.05, 4.69) is 29.5 Å². The van der Waals surface area contributed by atoms with Crippen molar-refractivity contribution in [2.45, 2.75) is 25.3 Å². The lowest BCUT2D eigenvalue weighted by Gasteiger charge is -2.31. The second-order valence-corrected chi connectivity index (χ2v) is 7.34. The average molecular weight is 377 g/mol. The summed E-state index contributed by atoms with van der Waals surface area (Å²) in [5, 5.41) is 6.87. The maximum Gasteiger partial charge on any atom is 0.255 e. The molecule has 2 aliphatic rings. The number of amides is 2. The molecule has 28 heavy (non-hydrogen) atoms. The molecule has 0 saturated carbocycles. The number of carbonyl (C=O) groups is 2. The molecule has 2 aromatic rings. The van der Waals surface area contributed by atoms with Crippen LogP contribution in [0, 0.1) is 6.92 Å². The summed E-state index contributed by atoms with van der Waals surface area (Å²) in [7, 11) is 1.48. The van der Waals surface area contributed by atoms with Crippen molar-refractivity contribution in [3.05, 3.63) is 59.7 Å². The summed E-state index contributed by atoms with van der Waals surface area (Å²) >= 11 is 0. The zero-order valence-corrected chi connectivity index (χ0v) is 16.1. The van der Waals surface area contributed by atoms with Gasteiger partial charge in [0.25, 0.3) is 5.91 Å². The number of oxime groups is 1. The lowest BCUT2D eigenvalue weighted by molar-refractivity contribution is -0.127. The molecule has 2 aromatic carbocycles. The number of rotatable bonds is 3. The highest BCUT2D eigenvalue weighted by Crippen LogP contribution is 2.36. The van der Waals surface area contributed by atoms with E-state index in [-0.39, 0.29) is 11.8 Å². The van der Waals surface area contributed by atoms with Gasteiger partial charge in [-0.05, 0) is 42.2 Å². The Hall–Kier alpha value is -3.15. The molecule has 6 nitrogen and oxygen atoms in total. The van der Waals surface area contributed by atoms with Gasteiger partial charge in [-0.1, -0.05) is 41.6 Å². The summed E-state index contributed by atoms with van der Waals surface area (Å²) in [6.07, 6.45) is 1.00. The molecule has 2 amide bonds. The molecular formula is C22H23N3O3. The van der Waals surface area contributed by atoms with Crippen LogP contribution in [-0.2, 0) is 9.63 Å². The monoisotopic (exact) mass is 377 g/mol. The van der Waals surface area contributed by atoms with Gasteiger partial charge in [0.1, 0.15) is 12.6 Å². The van der Waals surface area contributed by atoms with E-state index in [1.807, 2.05) is 36.4 Å². The number of nitrogens with one attached hydrogen (secondary N) is 1. The molecule has 2 saturated heterocycles. The second-order valence-electron chi connectivity index (χ2n) is 7.34. The summed E-state index contributed by atoms with van der Waals surface area (Å²) in [4.78, 5) is 32.4. The van der Waals surface area contributed by atoms with Crippen LogP contribution in [0.1, 0.15) is 28.8 Å². The number of benzene rings is 2. The van der Waals surface area contributed by atoms with Gasteiger partial charge in [0.2, 0.25) is 5.91 Å². The van der Waals surface area contributed by atoms with Crippen LogP contribution in [0.25, 0.3) is 11.1 Å². The first-order chi connectivity index (χ1) is 13.5. The average Bonchev–Trinajstić information content (AvgIpc) is 3.26. The zero-order valence-electron chi connectivity index (χ0n) is 16.1. The Bertz CT molecular complexity index is 952. The number of carbonyl (C=O) groups excluding carboxylic acids is 2. The van der Waals surface area contributed by atoms with E-state index in [1.54, 1.807) is 4.90 Å². The largest absolute Gasteiger partial charge is 0.399 e. The van der Waals surface area contributed by atoms with E-state index in [0.29, 0.717) is 37.2 Å². The molecule has 144 valence electrons. The van der Waals surface area contributed by atoms with E-state index < -0.39 is 5.54 Å². The maximum atomic E-state index is 13.3. The summed E-state index contributed by atoms with van der Waals surface area (Å²) in [6, 6.07) is 15.7. The molecule has 1 atom stereocenters. The van der Waals surface area contributed by atoms with Gasteiger partial charge < -0.3 is 15.1 Å². The van der Waals surface area contributed by atoms with E-state index in [1.165, 1.54) is 12.7 Å². The van der Waals surface area contributed by atoms with Gasteiger partial charge >= 0.3 is 0 Å². The molecule has 0 aliphatic carbocycles. The van der Waals surface area contributed by atoms with E-state index in [9.17, 15) is 9.59 Å². The smallest absolute Gasteiger partial charge is 0.255 e. The lowest BCUT2D eigenvalue weighted by Crippen LogP contribution is -2.52. The molecule has 0 radical (unpaired) electrons. The maximum absolute atomic E-state index is 13.3. The van der Waals surface area contributed by atoms with Crippen molar-refractivity contribution < 1.29 is 14.4 Å². The summed E-state index contributed by atoms with van der Waals surface area (Å²) in [5.41, 5.74) is 3.81. The van der Waals surface area contributed by atoms with Gasteiger partial charge in [0.15, 0.2) is 0 Å². The molecule has 0 aromatic heterocycles. The quantitative estimate of drug-likeness (QED) is 0.836. The number of hydrogen-bond acceptors (Lipinski definition) is 4. The minimum atomic E-state index is -0.858. The minimum Gasteiger partial charge on any atom is -0.399 e. The third-order valence-corrected chi connectivity index (χ3v) is 5.65. The van der Waals surface area contributed by atoms with Crippen LogP contribution < -0.4 is 5.32 Å². The van der Waals surface area contributed by atoms with Crippen molar-refractivity contribution in [1.29, 1.82) is 0 Å². The van der Waals surface area contributed by atoms with Gasteiger partial charge in [0, 0.05) is 18.5 Å². The molecule has 1 N–H and O–H groups in total. The third-order valence-electron chi connectivity index (χ3n) is 5.65. The van der Waals surface area contributed by atoms with E-state index >= 15 is 0 Å². The highest BCUT2D eigenvalue weighted by atomic mass is 16.6. The summed E-state index contributed by atoms with van der Waals surface area (Å²) in [6.45, 7) is 2.94. The highest BCUT2D eigenvalue weighted by Gasteiger charge is 2.54. The Labute approximate surface area is 164 Å². The third kappa shape index (κ3) is 2.95. The van der Waals surface area contributed by atoms with Crippen molar-refractivity contribution in [3.8, 4) is 11.1 Å². The van der Waals surface area contributed by atoms with E-state index in [0.717, 1.165) is 11.1 Å². The van der Waals surface area contributed by atoms with Gasteiger partial charge in [-0.25, -0.2) is 0 Å². The molecule has 0 unspecified atom stereocenters. The van der Waals surface area contributed by atoms with Gasteiger partial charge in [0.05, 0.1) is 12.3 Å². The first kappa shape index (κ1) is 18.2. The van der Waals surface area contributed by atoms with Crippen molar-refractivity contribution in [2.75, 3.05) is 20.2 Å². The van der Waals surface area contributed by atoms with E-state index in [4.69, 9.17) is 4.84 Å². The first-order valence-corrected chi connectivity index (χ1v) is 9.40. The van der Waals surface area contributed by atoms with Crippen LogP contribution in [0.2, 0.25) is 0 Å². The van der Waals surface area contributed by atoms with Crippen LogP contribution in [0.5, 0.6) is 0 Å². The number of hydrogen-bond donors (Lipinski definition) is 1. The van der Waals surface area contributed by atoms with Crippen LogP contribution in [-0.4, -0.2) is 48.2 Å². The van der Waals surface area contributed by atoms with Gasteiger partial charge in [-0.2, -0.15) is 0 Å². The van der Waals surface area contributed by atoms with Crippen molar-refractivity contribution >= 4 is 17.5 Å². The highest BCUT2D eigenvalue weighted by molar-refractivity contribution is 6.08. The molecular weight excluding hydrogens is 354 g/mol. The fraction of sp³-hybridized carbons (Fsp3) is 0.318. The Kier molecular flexibility index (Phi) is 4.63.